The van der Waals surface area contributed by atoms with Gasteiger partial charge in [-0.05, 0) is 35.4 Å². The summed E-state index contributed by atoms with van der Waals surface area (Å²) in [5.41, 5.74) is 2.07. The Kier molecular flexibility index (Phi) is 5.94. The highest BCUT2D eigenvalue weighted by atomic mass is 16.5. The minimum Gasteiger partial charge on any atom is -0.497 e. The SMILES string of the molecule is COc1ccc(/C=C/C(=O)/C=C\C=C/c2ccccc2)cc1. The lowest BCUT2D eigenvalue weighted by atomic mass is 10.2. The van der Waals surface area contributed by atoms with Crippen LogP contribution in [0.2, 0.25) is 0 Å². The molecule has 2 aromatic rings. The van der Waals surface area contributed by atoms with Crippen molar-refractivity contribution >= 4 is 17.9 Å². The maximum Gasteiger partial charge on any atom is 0.178 e. The minimum absolute atomic E-state index is 0.0477. The first kappa shape index (κ1) is 15.5. The summed E-state index contributed by atoms with van der Waals surface area (Å²) in [7, 11) is 1.63. The van der Waals surface area contributed by atoms with E-state index in [1.165, 1.54) is 0 Å². The highest BCUT2D eigenvalue weighted by molar-refractivity contribution is 6.02. The summed E-state index contributed by atoms with van der Waals surface area (Å²) in [5, 5.41) is 0. The van der Waals surface area contributed by atoms with Gasteiger partial charge < -0.3 is 4.74 Å². The van der Waals surface area contributed by atoms with Crippen LogP contribution in [0.4, 0.5) is 0 Å². The first-order chi connectivity index (χ1) is 10.8. The molecular weight excluding hydrogens is 272 g/mol. The molecule has 0 N–H and O–H groups in total. The van der Waals surface area contributed by atoms with E-state index in [0.717, 1.165) is 16.9 Å². The smallest absolute Gasteiger partial charge is 0.178 e. The quantitative estimate of drug-likeness (QED) is 0.576. The average molecular weight is 290 g/mol. The van der Waals surface area contributed by atoms with E-state index in [2.05, 4.69) is 0 Å². The Balaban J connectivity index is 1.87. The van der Waals surface area contributed by atoms with Crippen LogP contribution in [-0.4, -0.2) is 12.9 Å². The third-order valence-corrected chi connectivity index (χ3v) is 3.02. The second-order valence-corrected chi connectivity index (χ2v) is 4.64. The summed E-state index contributed by atoms with van der Waals surface area (Å²) in [6, 6.07) is 17.5. The van der Waals surface area contributed by atoms with Crippen LogP contribution in [0.5, 0.6) is 5.75 Å². The molecular formula is C20H18O2. The Morgan fingerprint density at radius 1 is 0.818 bits per heavy atom. The van der Waals surface area contributed by atoms with E-state index in [-0.39, 0.29) is 5.78 Å². The van der Waals surface area contributed by atoms with Gasteiger partial charge in [-0.2, -0.15) is 0 Å². The molecule has 0 radical (unpaired) electrons. The number of benzene rings is 2. The van der Waals surface area contributed by atoms with Crippen molar-refractivity contribution in [2.75, 3.05) is 7.11 Å². The third kappa shape index (κ3) is 5.25. The first-order valence-electron chi connectivity index (χ1n) is 7.04. The van der Waals surface area contributed by atoms with E-state index in [1.807, 2.05) is 66.7 Å². The topological polar surface area (TPSA) is 26.3 Å². The van der Waals surface area contributed by atoms with E-state index in [0.29, 0.717) is 0 Å². The molecule has 2 aromatic carbocycles. The van der Waals surface area contributed by atoms with Gasteiger partial charge in [-0.25, -0.2) is 0 Å². The lowest BCUT2D eigenvalue weighted by molar-refractivity contribution is -0.110. The molecule has 0 saturated carbocycles. The van der Waals surface area contributed by atoms with Crippen molar-refractivity contribution in [2.24, 2.45) is 0 Å². The summed E-state index contributed by atoms with van der Waals surface area (Å²) in [6.45, 7) is 0. The summed E-state index contributed by atoms with van der Waals surface area (Å²) in [4.78, 5) is 11.7. The Bertz CT molecular complexity index is 677. The largest absolute Gasteiger partial charge is 0.497 e. The fourth-order valence-corrected chi connectivity index (χ4v) is 1.83. The van der Waals surface area contributed by atoms with Gasteiger partial charge in [0.05, 0.1) is 7.11 Å². The van der Waals surface area contributed by atoms with Gasteiger partial charge >= 0.3 is 0 Å². The van der Waals surface area contributed by atoms with Gasteiger partial charge in [0, 0.05) is 0 Å². The van der Waals surface area contributed by atoms with E-state index in [1.54, 1.807) is 31.4 Å². The standard InChI is InChI=1S/C20H18O2/c1-22-20-15-12-18(13-16-20)11-14-19(21)10-6-5-9-17-7-3-2-4-8-17/h2-16H,1H3/b9-5-,10-6-,14-11+. The molecule has 0 aliphatic carbocycles. The van der Waals surface area contributed by atoms with Crippen LogP contribution in [0.3, 0.4) is 0 Å². The molecule has 0 aromatic heterocycles. The number of ether oxygens (including phenoxy) is 1. The molecule has 0 atom stereocenters. The number of methoxy groups -OCH3 is 1. The van der Waals surface area contributed by atoms with Gasteiger partial charge in [0.2, 0.25) is 0 Å². The van der Waals surface area contributed by atoms with Crippen LogP contribution < -0.4 is 4.74 Å². The lowest BCUT2D eigenvalue weighted by Crippen LogP contribution is -1.85. The van der Waals surface area contributed by atoms with E-state index in [4.69, 9.17) is 4.74 Å². The zero-order valence-corrected chi connectivity index (χ0v) is 12.5. The van der Waals surface area contributed by atoms with Gasteiger partial charge in [-0.1, -0.05) is 66.8 Å². The van der Waals surface area contributed by atoms with Crippen LogP contribution in [0.1, 0.15) is 11.1 Å². The van der Waals surface area contributed by atoms with Crippen LogP contribution >= 0.6 is 0 Å². The van der Waals surface area contributed by atoms with E-state index >= 15 is 0 Å². The van der Waals surface area contributed by atoms with Gasteiger partial charge in [0.1, 0.15) is 5.75 Å². The molecule has 0 fully saturated rings. The van der Waals surface area contributed by atoms with E-state index < -0.39 is 0 Å². The summed E-state index contributed by atoms with van der Waals surface area (Å²) in [6.07, 6.45) is 10.4. The molecule has 0 aliphatic heterocycles. The molecule has 110 valence electrons. The molecule has 0 bridgehead atoms. The van der Waals surface area contributed by atoms with Crippen LogP contribution in [0.15, 0.2) is 78.9 Å². The van der Waals surface area contributed by atoms with Crippen molar-refractivity contribution in [1.82, 2.24) is 0 Å². The predicted octanol–water partition coefficient (Wildman–Crippen LogP) is 4.55. The second kappa shape index (κ2) is 8.42. The Hall–Kier alpha value is -2.87. The number of hydrogen-bond acceptors (Lipinski definition) is 2. The molecule has 2 heteroatoms. The molecule has 2 nitrogen and oxygen atoms in total. The van der Waals surface area contributed by atoms with Gasteiger partial charge in [0.15, 0.2) is 5.78 Å². The van der Waals surface area contributed by atoms with Crippen LogP contribution in [0, 0.1) is 0 Å². The highest BCUT2D eigenvalue weighted by Crippen LogP contribution is 2.12. The molecule has 0 saturated heterocycles. The number of hydrogen-bond donors (Lipinski definition) is 0. The molecule has 22 heavy (non-hydrogen) atoms. The molecule has 2 rings (SSSR count). The van der Waals surface area contributed by atoms with E-state index in [9.17, 15) is 4.79 Å². The summed E-state index contributed by atoms with van der Waals surface area (Å²) >= 11 is 0. The summed E-state index contributed by atoms with van der Waals surface area (Å²) < 4.78 is 5.09. The fourth-order valence-electron chi connectivity index (χ4n) is 1.83. The number of carbonyl (C=O) groups is 1. The predicted molar refractivity (Wildman–Crippen MR) is 91.7 cm³/mol. The van der Waals surface area contributed by atoms with Crippen LogP contribution in [-0.2, 0) is 4.79 Å². The van der Waals surface area contributed by atoms with Crippen molar-refractivity contribution in [2.45, 2.75) is 0 Å². The fraction of sp³-hybridized carbons (Fsp3) is 0.0500. The Morgan fingerprint density at radius 3 is 2.18 bits per heavy atom. The average Bonchev–Trinajstić information content (AvgIpc) is 2.58. The van der Waals surface area contributed by atoms with Crippen molar-refractivity contribution in [3.05, 3.63) is 90.0 Å². The Labute approximate surface area is 131 Å². The third-order valence-electron chi connectivity index (χ3n) is 3.02. The summed E-state index contributed by atoms with van der Waals surface area (Å²) in [5.74, 6) is 0.753. The number of rotatable bonds is 6. The highest BCUT2D eigenvalue weighted by Gasteiger charge is 1.92. The Morgan fingerprint density at radius 2 is 1.50 bits per heavy atom. The van der Waals surface area contributed by atoms with Crippen LogP contribution in [0.25, 0.3) is 12.2 Å². The molecule has 0 heterocycles. The molecule has 0 amide bonds. The molecule has 0 unspecified atom stereocenters. The maximum atomic E-state index is 11.7. The zero-order valence-electron chi connectivity index (χ0n) is 12.5. The van der Waals surface area contributed by atoms with Gasteiger partial charge in [-0.3, -0.25) is 4.79 Å². The van der Waals surface area contributed by atoms with Crippen molar-refractivity contribution in [1.29, 1.82) is 0 Å². The number of allylic oxidation sites excluding steroid dienone is 4. The maximum absolute atomic E-state index is 11.7. The normalized spacial score (nSPS) is 11.5. The second-order valence-electron chi connectivity index (χ2n) is 4.64. The monoisotopic (exact) mass is 290 g/mol. The first-order valence-corrected chi connectivity index (χ1v) is 7.04. The molecule has 0 spiro atoms. The van der Waals surface area contributed by atoms with Crippen molar-refractivity contribution in [3.63, 3.8) is 0 Å². The number of ketones is 1. The number of carbonyl (C=O) groups excluding carboxylic acids is 1. The minimum atomic E-state index is -0.0477. The van der Waals surface area contributed by atoms with Gasteiger partial charge in [0.25, 0.3) is 0 Å². The van der Waals surface area contributed by atoms with Gasteiger partial charge in [-0.15, -0.1) is 0 Å². The van der Waals surface area contributed by atoms with Crippen molar-refractivity contribution in [3.8, 4) is 5.75 Å². The van der Waals surface area contributed by atoms with Crippen molar-refractivity contribution < 1.29 is 9.53 Å². The lowest BCUT2D eigenvalue weighted by Gasteiger charge is -1.98. The zero-order chi connectivity index (χ0) is 15.6. The molecule has 0 aliphatic rings.